The standard InChI is InChI=1S/C32H37N3O7/c1-15-6-8-35(9-7-15)14-16-4-5-17-11-18-12-19-13-21-25(34(2)3)28(38)24(31(33)41)30(40)32(21,42)29(39)23(19)27(37)22(18)26(36)20(17)10-16/h4-5,10-11,15,19,21,25,36,38-39,42H,6-9,12-14H2,1-3H3,(H2,33,41)/t19-,21-,25-,32-/m0/s1. The fourth-order valence-electron chi connectivity index (χ4n) is 7.64. The van der Waals surface area contributed by atoms with Crippen LogP contribution in [0.4, 0.5) is 0 Å². The number of likely N-dealkylation sites (tertiary alicyclic amines) is 1. The minimum Gasteiger partial charge on any atom is -0.510 e. The van der Waals surface area contributed by atoms with Crippen LogP contribution < -0.4 is 5.73 Å². The Hall–Kier alpha value is -3.73. The van der Waals surface area contributed by atoms with Gasteiger partial charge in [-0.25, -0.2) is 0 Å². The maximum atomic E-state index is 14.0. The number of piperidine rings is 1. The molecule has 6 rings (SSSR count). The molecule has 0 bridgehead atoms. The van der Waals surface area contributed by atoms with Crippen LogP contribution in [-0.2, 0) is 22.6 Å². The van der Waals surface area contributed by atoms with Crippen molar-refractivity contribution in [2.45, 2.75) is 50.8 Å². The number of fused-ring (bicyclic) bond motifs is 4. The van der Waals surface area contributed by atoms with Crippen LogP contribution in [0.15, 0.2) is 46.9 Å². The molecule has 1 amide bonds. The molecule has 222 valence electrons. The van der Waals surface area contributed by atoms with Crippen LogP contribution in [0.1, 0.15) is 47.7 Å². The zero-order chi connectivity index (χ0) is 30.2. The first kappa shape index (κ1) is 28.4. The van der Waals surface area contributed by atoms with Crippen LogP contribution in [-0.4, -0.2) is 86.5 Å². The lowest BCUT2D eigenvalue weighted by atomic mass is 9.58. The van der Waals surface area contributed by atoms with Crippen molar-refractivity contribution >= 4 is 28.2 Å². The zero-order valence-corrected chi connectivity index (χ0v) is 24.1. The summed E-state index contributed by atoms with van der Waals surface area (Å²) in [4.78, 5) is 43.5. The molecular formula is C32H37N3O7. The second-order valence-electron chi connectivity index (χ2n) is 12.7. The number of phenolic OH excluding ortho intramolecular Hbond substituents is 1. The van der Waals surface area contributed by atoms with Crippen molar-refractivity contribution in [2.75, 3.05) is 27.2 Å². The molecule has 10 heteroatoms. The van der Waals surface area contributed by atoms with Gasteiger partial charge in [-0.15, -0.1) is 0 Å². The number of carbonyl (C=O) groups excluding carboxylic acids is 3. The number of likely N-dealkylation sites (N-methyl/N-ethyl adjacent to an activating group) is 1. The molecule has 0 spiro atoms. The van der Waals surface area contributed by atoms with Crippen molar-refractivity contribution in [3.63, 3.8) is 0 Å². The van der Waals surface area contributed by atoms with E-state index in [1.54, 1.807) is 19.0 Å². The minimum absolute atomic E-state index is 0.0345. The van der Waals surface area contributed by atoms with E-state index in [4.69, 9.17) is 5.73 Å². The minimum atomic E-state index is -2.64. The van der Waals surface area contributed by atoms with E-state index in [0.29, 0.717) is 16.9 Å². The van der Waals surface area contributed by atoms with Crippen molar-refractivity contribution < 1.29 is 34.8 Å². The molecule has 10 nitrogen and oxygen atoms in total. The Morgan fingerprint density at radius 2 is 1.81 bits per heavy atom. The number of nitrogens with zero attached hydrogens (tertiary/aromatic N) is 2. The van der Waals surface area contributed by atoms with Gasteiger partial charge in [0.05, 0.1) is 11.6 Å². The fourth-order valence-corrected chi connectivity index (χ4v) is 7.64. The van der Waals surface area contributed by atoms with Crippen molar-refractivity contribution in [2.24, 2.45) is 23.5 Å². The predicted octanol–water partition coefficient (Wildman–Crippen LogP) is 2.51. The summed E-state index contributed by atoms with van der Waals surface area (Å²) >= 11 is 0. The number of carbonyl (C=O) groups is 3. The van der Waals surface area contributed by atoms with Crippen molar-refractivity contribution in [3.8, 4) is 5.75 Å². The average Bonchev–Trinajstić information content (AvgIpc) is 2.92. The smallest absolute Gasteiger partial charge is 0.255 e. The SMILES string of the molecule is CC1CCN(Cc2ccc3cc4c(c(O)c3c2)C(=O)C2=C(O)[C@]3(O)C(=O)C(C(N)=O)=C(O)[C@@H](N(C)C)[C@@H]3C[C@@H]2C4)CC1. The molecule has 1 fully saturated rings. The summed E-state index contributed by atoms with van der Waals surface area (Å²) in [5.41, 5.74) is 3.45. The highest BCUT2D eigenvalue weighted by Gasteiger charge is 2.63. The van der Waals surface area contributed by atoms with E-state index in [2.05, 4.69) is 11.8 Å². The molecule has 4 atom stereocenters. The number of amides is 1. The molecule has 1 aliphatic heterocycles. The number of nitrogens with two attached hydrogens (primary N) is 1. The van der Waals surface area contributed by atoms with E-state index in [0.717, 1.165) is 43.4 Å². The number of hydrogen-bond acceptors (Lipinski definition) is 9. The number of benzene rings is 2. The van der Waals surface area contributed by atoms with E-state index in [1.165, 1.54) is 0 Å². The predicted molar refractivity (Wildman–Crippen MR) is 155 cm³/mol. The Bertz CT molecular complexity index is 1600. The molecule has 0 saturated carbocycles. The molecule has 42 heavy (non-hydrogen) atoms. The lowest BCUT2D eigenvalue weighted by Crippen LogP contribution is -2.63. The fraction of sp³-hybridized carbons (Fsp3) is 0.469. The topological polar surface area (TPSA) is 165 Å². The normalized spacial score (nSPS) is 28.7. The van der Waals surface area contributed by atoms with E-state index in [9.17, 15) is 34.8 Å². The number of aromatic hydroxyl groups is 1. The Morgan fingerprint density at radius 1 is 1.12 bits per heavy atom. The monoisotopic (exact) mass is 575 g/mol. The third kappa shape index (κ3) is 4.07. The highest BCUT2D eigenvalue weighted by atomic mass is 16.3. The average molecular weight is 576 g/mol. The van der Waals surface area contributed by atoms with Gasteiger partial charge in [0.25, 0.3) is 5.91 Å². The quantitative estimate of drug-likeness (QED) is 0.345. The van der Waals surface area contributed by atoms with Gasteiger partial charge in [-0.3, -0.25) is 24.2 Å². The van der Waals surface area contributed by atoms with E-state index < -0.39 is 58.0 Å². The van der Waals surface area contributed by atoms with Crippen LogP contribution in [0.25, 0.3) is 10.8 Å². The first-order valence-electron chi connectivity index (χ1n) is 14.5. The number of Topliss-reactive ketones (excluding diaryl/α,β-unsaturated/α-hetero) is 2. The van der Waals surface area contributed by atoms with Crippen molar-refractivity contribution in [3.05, 3.63) is 63.6 Å². The molecule has 1 saturated heterocycles. The van der Waals surface area contributed by atoms with E-state index in [-0.39, 0.29) is 29.7 Å². The number of aliphatic hydroxyl groups is 3. The third-order valence-electron chi connectivity index (χ3n) is 9.87. The van der Waals surface area contributed by atoms with Gasteiger partial charge in [-0.05, 0) is 87.3 Å². The maximum Gasteiger partial charge on any atom is 0.255 e. The van der Waals surface area contributed by atoms with Gasteiger partial charge < -0.3 is 26.2 Å². The van der Waals surface area contributed by atoms with E-state index in [1.807, 2.05) is 24.3 Å². The number of aliphatic hydroxyl groups excluding tert-OH is 2. The Kier molecular flexibility index (Phi) is 6.71. The number of primary amides is 1. The molecule has 0 unspecified atom stereocenters. The summed E-state index contributed by atoms with van der Waals surface area (Å²) in [6, 6.07) is 6.74. The van der Waals surface area contributed by atoms with Crippen LogP contribution in [0, 0.1) is 17.8 Å². The zero-order valence-electron chi connectivity index (χ0n) is 24.1. The summed E-state index contributed by atoms with van der Waals surface area (Å²) < 4.78 is 0. The molecule has 4 aliphatic rings. The first-order chi connectivity index (χ1) is 19.8. The van der Waals surface area contributed by atoms with E-state index >= 15 is 0 Å². The Morgan fingerprint density at radius 3 is 2.45 bits per heavy atom. The van der Waals surface area contributed by atoms with Gasteiger partial charge in [0, 0.05) is 23.4 Å². The van der Waals surface area contributed by atoms with Gasteiger partial charge in [0.15, 0.2) is 11.4 Å². The van der Waals surface area contributed by atoms with Crippen molar-refractivity contribution in [1.82, 2.24) is 9.80 Å². The highest BCUT2D eigenvalue weighted by Crippen LogP contribution is 2.52. The van der Waals surface area contributed by atoms with Gasteiger partial charge in [0.2, 0.25) is 5.78 Å². The summed E-state index contributed by atoms with van der Waals surface area (Å²) in [6.45, 7) is 5.00. The number of ketones is 2. The van der Waals surface area contributed by atoms with Gasteiger partial charge in [-0.1, -0.05) is 25.1 Å². The summed E-state index contributed by atoms with van der Waals surface area (Å²) in [5, 5.41) is 46.9. The molecule has 2 aromatic rings. The second-order valence-corrected chi connectivity index (χ2v) is 12.7. The molecule has 0 radical (unpaired) electrons. The molecule has 1 heterocycles. The molecule has 2 aromatic carbocycles. The Balaban J connectivity index is 1.43. The molecule has 3 aliphatic carbocycles. The lowest BCUT2D eigenvalue weighted by molar-refractivity contribution is -0.148. The Labute approximate surface area is 243 Å². The molecular weight excluding hydrogens is 538 g/mol. The number of hydrogen-bond donors (Lipinski definition) is 5. The molecule has 0 aromatic heterocycles. The van der Waals surface area contributed by atoms with Gasteiger partial charge in [0.1, 0.15) is 22.8 Å². The van der Waals surface area contributed by atoms with Crippen molar-refractivity contribution in [1.29, 1.82) is 0 Å². The first-order valence-corrected chi connectivity index (χ1v) is 14.5. The van der Waals surface area contributed by atoms with Crippen LogP contribution in [0.2, 0.25) is 0 Å². The van der Waals surface area contributed by atoms with Gasteiger partial charge in [-0.2, -0.15) is 0 Å². The lowest BCUT2D eigenvalue weighted by Gasteiger charge is -2.50. The highest BCUT2D eigenvalue weighted by molar-refractivity contribution is 6.25. The number of rotatable bonds is 4. The number of phenols is 1. The molecule has 6 N–H and O–H groups in total. The van der Waals surface area contributed by atoms with Gasteiger partial charge >= 0.3 is 0 Å². The summed E-state index contributed by atoms with van der Waals surface area (Å²) in [5.74, 6) is -5.71. The second kappa shape index (κ2) is 9.93. The van der Waals surface area contributed by atoms with Crippen LogP contribution >= 0.6 is 0 Å². The van der Waals surface area contributed by atoms with Crippen LogP contribution in [0.3, 0.4) is 0 Å². The third-order valence-corrected chi connectivity index (χ3v) is 9.87. The summed E-state index contributed by atoms with van der Waals surface area (Å²) in [6.07, 6.45) is 2.62. The van der Waals surface area contributed by atoms with Crippen LogP contribution in [0.5, 0.6) is 5.75 Å². The summed E-state index contributed by atoms with van der Waals surface area (Å²) in [7, 11) is 3.22. The largest absolute Gasteiger partial charge is 0.510 e. The number of allylic oxidation sites excluding steroid dienone is 1. The maximum absolute atomic E-state index is 14.0.